The molecule has 19 heavy (non-hydrogen) atoms. The molecule has 0 spiro atoms. The largest absolute Gasteiger partial charge is 0.323 e. The van der Waals surface area contributed by atoms with Crippen LogP contribution in [0.15, 0.2) is 42.7 Å². The molecule has 0 saturated carbocycles. The lowest BCUT2D eigenvalue weighted by Gasteiger charge is -2.22. The summed E-state index contributed by atoms with van der Waals surface area (Å²) in [6.45, 7) is 5.29. The molecule has 0 saturated heterocycles. The number of aromatic nitrogens is 2. The van der Waals surface area contributed by atoms with Gasteiger partial charge in [-0.1, -0.05) is 44.2 Å². The number of rotatable bonds is 6. The highest BCUT2D eigenvalue weighted by molar-refractivity contribution is 5.25. The molecule has 0 aliphatic carbocycles. The third-order valence-corrected chi connectivity index (χ3v) is 3.59. The van der Waals surface area contributed by atoms with Gasteiger partial charge in [0.15, 0.2) is 0 Å². The molecule has 2 atom stereocenters. The van der Waals surface area contributed by atoms with Gasteiger partial charge in [-0.15, -0.1) is 0 Å². The normalized spacial score (nSPS) is 14.3. The van der Waals surface area contributed by atoms with Crippen LogP contribution in [0.5, 0.6) is 0 Å². The van der Waals surface area contributed by atoms with E-state index in [1.54, 1.807) is 0 Å². The fourth-order valence-corrected chi connectivity index (χ4v) is 2.53. The van der Waals surface area contributed by atoms with E-state index in [2.05, 4.69) is 49.4 Å². The highest BCUT2D eigenvalue weighted by Gasteiger charge is 2.20. The minimum atomic E-state index is 0.0120. The summed E-state index contributed by atoms with van der Waals surface area (Å²) in [6, 6.07) is 10.5. The van der Waals surface area contributed by atoms with Crippen LogP contribution >= 0.6 is 0 Å². The zero-order valence-electron chi connectivity index (χ0n) is 11.8. The van der Waals surface area contributed by atoms with Crippen molar-refractivity contribution in [2.45, 2.75) is 45.2 Å². The van der Waals surface area contributed by atoms with Crippen LogP contribution in [0.25, 0.3) is 0 Å². The van der Waals surface area contributed by atoms with Crippen molar-refractivity contribution in [3.05, 3.63) is 53.9 Å². The van der Waals surface area contributed by atoms with E-state index in [4.69, 9.17) is 5.73 Å². The van der Waals surface area contributed by atoms with Crippen LogP contribution in [0.1, 0.15) is 49.8 Å². The molecule has 102 valence electrons. The van der Waals surface area contributed by atoms with Crippen molar-refractivity contribution in [2.75, 3.05) is 0 Å². The quantitative estimate of drug-likeness (QED) is 0.861. The van der Waals surface area contributed by atoms with Gasteiger partial charge >= 0.3 is 0 Å². The standard InChI is InChI=1S/C16H23N3/c1-3-10-19-12-14(11-18-19)16(17)15(4-2)13-8-6-5-7-9-13/h5-9,11-12,15-16H,3-4,10,17H2,1-2H3. The first kappa shape index (κ1) is 13.8. The molecule has 1 aromatic heterocycles. The zero-order chi connectivity index (χ0) is 13.7. The van der Waals surface area contributed by atoms with Crippen LogP contribution in [-0.4, -0.2) is 9.78 Å². The fourth-order valence-electron chi connectivity index (χ4n) is 2.53. The van der Waals surface area contributed by atoms with Gasteiger partial charge in [-0.05, 0) is 18.4 Å². The molecular weight excluding hydrogens is 234 g/mol. The molecule has 1 heterocycles. The van der Waals surface area contributed by atoms with Gasteiger partial charge in [0.05, 0.1) is 6.20 Å². The first-order chi connectivity index (χ1) is 9.26. The van der Waals surface area contributed by atoms with Crippen molar-refractivity contribution in [3.63, 3.8) is 0 Å². The lowest BCUT2D eigenvalue weighted by Crippen LogP contribution is -2.19. The van der Waals surface area contributed by atoms with Gasteiger partial charge in [0, 0.05) is 30.3 Å². The number of nitrogens with two attached hydrogens (primary N) is 1. The lowest BCUT2D eigenvalue weighted by molar-refractivity contribution is 0.537. The Labute approximate surface area is 115 Å². The maximum Gasteiger partial charge on any atom is 0.0537 e. The van der Waals surface area contributed by atoms with Crippen molar-refractivity contribution in [1.29, 1.82) is 0 Å². The maximum absolute atomic E-state index is 6.44. The summed E-state index contributed by atoms with van der Waals surface area (Å²) < 4.78 is 1.98. The van der Waals surface area contributed by atoms with Crippen LogP contribution in [0.3, 0.4) is 0 Å². The average molecular weight is 257 g/mol. The molecule has 0 aliphatic rings. The Morgan fingerprint density at radius 2 is 1.89 bits per heavy atom. The zero-order valence-corrected chi connectivity index (χ0v) is 11.8. The summed E-state index contributed by atoms with van der Waals surface area (Å²) in [7, 11) is 0. The smallest absolute Gasteiger partial charge is 0.0537 e. The van der Waals surface area contributed by atoms with E-state index in [9.17, 15) is 0 Å². The molecule has 0 radical (unpaired) electrons. The van der Waals surface area contributed by atoms with E-state index in [-0.39, 0.29) is 6.04 Å². The summed E-state index contributed by atoms with van der Waals surface area (Å²) in [5.74, 6) is 0.348. The fraction of sp³-hybridized carbons (Fsp3) is 0.438. The van der Waals surface area contributed by atoms with Crippen molar-refractivity contribution in [3.8, 4) is 0 Å². The number of nitrogens with zero attached hydrogens (tertiary/aromatic N) is 2. The molecular formula is C16H23N3. The number of aryl methyl sites for hydroxylation is 1. The van der Waals surface area contributed by atoms with Gasteiger partial charge in [-0.3, -0.25) is 4.68 Å². The number of hydrogen-bond donors (Lipinski definition) is 1. The summed E-state index contributed by atoms with van der Waals surface area (Å²) >= 11 is 0. The average Bonchev–Trinajstić information content (AvgIpc) is 2.90. The Kier molecular flexibility index (Phi) is 4.74. The Balaban J connectivity index is 2.18. The first-order valence-electron chi connectivity index (χ1n) is 7.09. The molecule has 2 unspecified atom stereocenters. The predicted molar refractivity (Wildman–Crippen MR) is 78.9 cm³/mol. The van der Waals surface area contributed by atoms with Crippen LogP contribution < -0.4 is 5.73 Å². The Morgan fingerprint density at radius 3 is 2.53 bits per heavy atom. The molecule has 0 amide bonds. The highest BCUT2D eigenvalue weighted by atomic mass is 15.3. The molecule has 3 heteroatoms. The second kappa shape index (κ2) is 6.53. The maximum atomic E-state index is 6.44. The highest BCUT2D eigenvalue weighted by Crippen LogP contribution is 2.31. The lowest BCUT2D eigenvalue weighted by atomic mass is 9.87. The monoisotopic (exact) mass is 257 g/mol. The minimum Gasteiger partial charge on any atom is -0.323 e. The summed E-state index contributed by atoms with van der Waals surface area (Å²) in [5.41, 5.74) is 8.87. The number of hydrogen-bond acceptors (Lipinski definition) is 2. The first-order valence-corrected chi connectivity index (χ1v) is 7.09. The van der Waals surface area contributed by atoms with Crippen LogP contribution in [-0.2, 0) is 6.54 Å². The molecule has 2 N–H and O–H groups in total. The second-order valence-electron chi connectivity index (χ2n) is 4.99. The summed E-state index contributed by atoms with van der Waals surface area (Å²) in [6.07, 6.45) is 6.11. The van der Waals surface area contributed by atoms with Crippen LogP contribution in [0, 0.1) is 0 Å². The van der Waals surface area contributed by atoms with Crippen LogP contribution in [0.2, 0.25) is 0 Å². The Hall–Kier alpha value is -1.61. The molecule has 3 nitrogen and oxygen atoms in total. The van der Waals surface area contributed by atoms with E-state index in [1.807, 2.05) is 16.9 Å². The third kappa shape index (κ3) is 3.24. The van der Waals surface area contributed by atoms with Gasteiger partial charge in [0.25, 0.3) is 0 Å². The van der Waals surface area contributed by atoms with E-state index >= 15 is 0 Å². The SMILES string of the molecule is CCCn1cc(C(N)C(CC)c2ccccc2)cn1. The van der Waals surface area contributed by atoms with Crippen molar-refractivity contribution in [1.82, 2.24) is 9.78 Å². The summed E-state index contributed by atoms with van der Waals surface area (Å²) in [4.78, 5) is 0. The molecule has 0 bridgehead atoms. The van der Waals surface area contributed by atoms with E-state index < -0.39 is 0 Å². The van der Waals surface area contributed by atoms with Crippen LogP contribution in [0.4, 0.5) is 0 Å². The predicted octanol–water partition coefficient (Wildman–Crippen LogP) is 3.49. The van der Waals surface area contributed by atoms with Gasteiger partial charge in [0.2, 0.25) is 0 Å². The minimum absolute atomic E-state index is 0.0120. The Bertz CT molecular complexity index is 490. The summed E-state index contributed by atoms with van der Waals surface area (Å²) in [5, 5.41) is 4.37. The van der Waals surface area contributed by atoms with E-state index in [0.717, 1.165) is 24.9 Å². The molecule has 0 fully saturated rings. The topological polar surface area (TPSA) is 43.8 Å². The second-order valence-corrected chi connectivity index (χ2v) is 4.99. The number of benzene rings is 1. The molecule has 2 rings (SSSR count). The van der Waals surface area contributed by atoms with Crippen molar-refractivity contribution < 1.29 is 0 Å². The third-order valence-electron chi connectivity index (χ3n) is 3.59. The van der Waals surface area contributed by atoms with Gasteiger partial charge in [0.1, 0.15) is 0 Å². The molecule has 0 aliphatic heterocycles. The Morgan fingerprint density at radius 1 is 1.16 bits per heavy atom. The van der Waals surface area contributed by atoms with E-state index in [1.165, 1.54) is 5.56 Å². The van der Waals surface area contributed by atoms with Gasteiger partial charge < -0.3 is 5.73 Å². The van der Waals surface area contributed by atoms with Gasteiger partial charge in [-0.2, -0.15) is 5.10 Å². The van der Waals surface area contributed by atoms with E-state index in [0.29, 0.717) is 5.92 Å². The van der Waals surface area contributed by atoms with Crippen molar-refractivity contribution >= 4 is 0 Å². The van der Waals surface area contributed by atoms with Crippen molar-refractivity contribution in [2.24, 2.45) is 5.73 Å². The molecule has 2 aromatic rings. The van der Waals surface area contributed by atoms with Gasteiger partial charge in [-0.25, -0.2) is 0 Å². The molecule has 1 aromatic carbocycles.